The van der Waals surface area contributed by atoms with Crippen LogP contribution in [-0.2, 0) is 11.8 Å². The molecular weight excluding hydrogens is 641 g/mol. The molecule has 3 atom stereocenters. The molecule has 0 fully saturated rings. The zero-order chi connectivity index (χ0) is 35.3. The van der Waals surface area contributed by atoms with Gasteiger partial charge in [0.05, 0.1) is 11.0 Å². The van der Waals surface area contributed by atoms with Gasteiger partial charge in [0, 0.05) is 61.7 Å². The Morgan fingerprint density at radius 1 is 0.717 bits per heavy atom. The molecule has 2 nitrogen and oxygen atoms in total. The topological polar surface area (TPSA) is 9.86 Å². The second-order valence-electron chi connectivity index (χ2n) is 16.6. The van der Waals surface area contributed by atoms with Crippen LogP contribution in [0.15, 0.2) is 133 Å². The average molecular weight is 687 g/mol. The monoisotopic (exact) mass is 686 g/mol. The minimum Gasteiger partial charge on any atom is -0.317 e. The van der Waals surface area contributed by atoms with E-state index in [0.717, 1.165) is 38.5 Å². The normalized spacial score (nSPS) is 23.6. The predicted octanol–water partition coefficient (Wildman–Crippen LogP) is 11.2. The van der Waals surface area contributed by atoms with Gasteiger partial charge >= 0.3 is 0 Å². The highest BCUT2D eigenvalue weighted by Crippen LogP contribution is 2.56. The lowest BCUT2D eigenvalue weighted by atomic mass is 9.72. The molecule has 260 valence electrons. The molecule has 3 aromatic carbocycles. The summed E-state index contributed by atoms with van der Waals surface area (Å²) in [6, 6.07) is 25.6. The lowest BCUT2D eigenvalue weighted by Gasteiger charge is -2.35. The first-order valence-corrected chi connectivity index (χ1v) is 20.0. The van der Waals surface area contributed by atoms with Crippen LogP contribution < -0.4 is 10.6 Å². The minimum atomic E-state index is 0.0349. The SMILES string of the molecule is CC1(C)c2ccccc2C2C=CC=C(n3c4c(c5ccccc53)=CC(c3ccc5c(c3)c3c(n5C5=CC=C(C6=CC=CCC6)CC5)CCC=C3)CC=4)C21. The average Bonchev–Trinajstić information content (AvgIpc) is 3.81. The molecule has 0 saturated heterocycles. The van der Waals surface area contributed by atoms with Crippen molar-refractivity contribution >= 4 is 51.4 Å². The zero-order valence-electron chi connectivity index (χ0n) is 30.9. The first kappa shape index (κ1) is 31.2. The first-order valence-electron chi connectivity index (χ1n) is 20.0. The van der Waals surface area contributed by atoms with Gasteiger partial charge in [0.1, 0.15) is 0 Å². The summed E-state index contributed by atoms with van der Waals surface area (Å²) in [5.41, 5.74) is 15.9. The summed E-state index contributed by atoms with van der Waals surface area (Å²) in [5.74, 6) is 1.10. The van der Waals surface area contributed by atoms with Crippen LogP contribution in [0.1, 0.15) is 92.2 Å². The van der Waals surface area contributed by atoms with Crippen LogP contribution in [0, 0.1) is 5.92 Å². The molecule has 0 radical (unpaired) electrons. The summed E-state index contributed by atoms with van der Waals surface area (Å²) in [4.78, 5) is 0. The zero-order valence-corrected chi connectivity index (χ0v) is 30.9. The highest BCUT2D eigenvalue weighted by molar-refractivity contribution is 5.95. The van der Waals surface area contributed by atoms with Crippen LogP contribution >= 0.6 is 0 Å². The molecule has 6 aliphatic rings. The third kappa shape index (κ3) is 4.64. The van der Waals surface area contributed by atoms with Gasteiger partial charge in [0.15, 0.2) is 0 Å². The summed E-state index contributed by atoms with van der Waals surface area (Å²) in [6.07, 6.45) is 36.5. The van der Waals surface area contributed by atoms with Crippen molar-refractivity contribution in [3.8, 4) is 0 Å². The largest absolute Gasteiger partial charge is 0.317 e. The standard InChI is InChI=1S/C51H46N2/c1-51(2)44-19-9-6-15-38(44)41-18-12-22-49(50(41)51)53-46-21-11-8-17-40(46)43-32-36(26-30-48(43)53)35-25-29-47-42(31-35)39-16-7-10-20-45(39)52(47)37-27-23-34(24-28-37)33-13-4-3-5-14-33/h3-4,6-9,11-13,15-19,21-23,25,27,29-32,36,41,50H,5,10,14,20,24,26,28H2,1-2H3. The van der Waals surface area contributed by atoms with Crippen molar-refractivity contribution < 1.29 is 0 Å². The second-order valence-corrected chi connectivity index (χ2v) is 16.6. The number of benzene rings is 3. The number of para-hydroxylation sites is 1. The summed E-state index contributed by atoms with van der Waals surface area (Å²) >= 11 is 0. The van der Waals surface area contributed by atoms with E-state index in [4.69, 9.17) is 0 Å². The van der Waals surface area contributed by atoms with Gasteiger partial charge in [-0.2, -0.15) is 0 Å². The highest BCUT2D eigenvalue weighted by atomic mass is 15.0. The summed E-state index contributed by atoms with van der Waals surface area (Å²) in [6.45, 7) is 4.91. The predicted molar refractivity (Wildman–Crippen MR) is 224 cm³/mol. The summed E-state index contributed by atoms with van der Waals surface area (Å²) < 4.78 is 5.24. The fourth-order valence-electron chi connectivity index (χ4n) is 11.0. The minimum absolute atomic E-state index is 0.0349. The van der Waals surface area contributed by atoms with Gasteiger partial charge in [-0.1, -0.05) is 123 Å². The van der Waals surface area contributed by atoms with E-state index in [1.165, 1.54) is 89.3 Å². The van der Waals surface area contributed by atoms with E-state index < -0.39 is 0 Å². The van der Waals surface area contributed by atoms with Gasteiger partial charge in [-0.05, 0) is 109 Å². The van der Waals surface area contributed by atoms with E-state index >= 15 is 0 Å². The Kier molecular flexibility index (Phi) is 6.97. The third-order valence-corrected chi connectivity index (χ3v) is 13.4. The Bertz CT molecular complexity index is 2740. The van der Waals surface area contributed by atoms with Crippen molar-refractivity contribution in [1.82, 2.24) is 9.13 Å². The molecule has 6 aliphatic carbocycles. The fourth-order valence-corrected chi connectivity index (χ4v) is 11.0. The molecule has 2 heteroatoms. The summed E-state index contributed by atoms with van der Waals surface area (Å²) in [5, 5.41) is 5.50. The van der Waals surface area contributed by atoms with E-state index in [0.29, 0.717) is 17.8 Å². The molecule has 2 aromatic heterocycles. The fraction of sp³-hybridized carbons (Fsp3) is 0.255. The number of nitrogens with zero attached hydrogens (tertiary/aromatic N) is 2. The Labute approximate surface area is 312 Å². The van der Waals surface area contributed by atoms with Crippen molar-refractivity contribution in [2.24, 2.45) is 5.92 Å². The van der Waals surface area contributed by atoms with Crippen molar-refractivity contribution in [2.75, 3.05) is 0 Å². The molecule has 2 heterocycles. The second kappa shape index (κ2) is 11.8. The van der Waals surface area contributed by atoms with Crippen LogP contribution in [-0.4, -0.2) is 9.13 Å². The number of hydrogen-bond acceptors (Lipinski definition) is 0. The van der Waals surface area contributed by atoms with Gasteiger partial charge in [-0.15, -0.1) is 0 Å². The molecule has 3 unspecified atom stereocenters. The van der Waals surface area contributed by atoms with Crippen LogP contribution in [0.3, 0.4) is 0 Å². The van der Waals surface area contributed by atoms with Crippen molar-refractivity contribution in [2.45, 2.75) is 76.0 Å². The lowest BCUT2D eigenvalue weighted by Crippen LogP contribution is -2.37. The Morgan fingerprint density at radius 2 is 1.57 bits per heavy atom. The molecule has 0 spiro atoms. The van der Waals surface area contributed by atoms with E-state index in [-0.39, 0.29) is 5.41 Å². The van der Waals surface area contributed by atoms with Crippen LogP contribution in [0.25, 0.3) is 51.4 Å². The molecule has 0 bridgehead atoms. The highest BCUT2D eigenvalue weighted by Gasteiger charge is 2.48. The quantitative estimate of drug-likeness (QED) is 0.178. The van der Waals surface area contributed by atoms with Crippen molar-refractivity contribution in [3.63, 3.8) is 0 Å². The van der Waals surface area contributed by atoms with E-state index in [1.54, 1.807) is 0 Å². The molecule has 0 aliphatic heterocycles. The Balaban J connectivity index is 1.01. The summed E-state index contributed by atoms with van der Waals surface area (Å²) in [7, 11) is 0. The van der Waals surface area contributed by atoms with Crippen LogP contribution in [0.5, 0.6) is 0 Å². The Hall–Kier alpha value is -5.34. The first-order chi connectivity index (χ1) is 26.1. The number of aromatic nitrogens is 2. The lowest BCUT2D eigenvalue weighted by molar-refractivity contribution is 0.396. The molecule has 0 N–H and O–H groups in total. The van der Waals surface area contributed by atoms with Gasteiger partial charge in [0.25, 0.3) is 0 Å². The van der Waals surface area contributed by atoms with E-state index in [1.807, 2.05) is 0 Å². The maximum Gasteiger partial charge on any atom is 0.0537 e. The van der Waals surface area contributed by atoms with Gasteiger partial charge in [0.2, 0.25) is 0 Å². The number of hydrogen-bond donors (Lipinski definition) is 0. The number of rotatable bonds is 4. The maximum atomic E-state index is 2.62. The number of fused-ring (bicyclic) bond motifs is 9. The molecule has 0 saturated carbocycles. The van der Waals surface area contributed by atoms with Gasteiger partial charge < -0.3 is 9.13 Å². The smallest absolute Gasteiger partial charge is 0.0537 e. The molecular formula is C51H46N2. The maximum absolute atomic E-state index is 2.62. The third-order valence-electron chi connectivity index (χ3n) is 13.4. The molecule has 0 amide bonds. The molecule has 11 rings (SSSR count). The van der Waals surface area contributed by atoms with E-state index in [2.05, 4.69) is 163 Å². The van der Waals surface area contributed by atoms with Crippen LogP contribution in [0.4, 0.5) is 0 Å². The van der Waals surface area contributed by atoms with Crippen molar-refractivity contribution in [1.29, 1.82) is 0 Å². The van der Waals surface area contributed by atoms with Gasteiger partial charge in [-0.3, -0.25) is 0 Å². The van der Waals surface area contributed by atoms with Gasteiger partial charge in [-0.25, -0.2) is 0 Å². The van der Waals surface area contributed by atoms with Crippen LogP contribution in [0.2, 0.25) is 0 Å². The molecule has 53 heavy (non-hydrogen) atoms. The van der Waals surface area contributed by atoms with E-state index in [9.17, 15) is 0 Å². The van der Waals surface area contributed by atoms with Crippen molar-refractivity contribution in [3.05, 3.63) is 171 Å². The Morgan fingerprint density at radius 3 is 2.45 bits per heavy atom. The number of allylic oxidation sites excluding steroid dienone is 13. The molecule has 5 aromatic rings.